The number of nitrogens with one attached hydrogen (secondary N) is 1. The molecule has 0 aliphatic rings. The fourth-order valence-electron chi connectivity index (χ4n) is 3.48. The quantitative estimate of drug-likeness (QED) is 0.222. The maximum absolute atomic E-state index is 13.0. The van der Waals surface area contributed by atoms with Crippen LogP contribution in [-0.2, 0) is 5.41 Å². The standard InChI is InChI=1S/C24H23N5OS/c1-24(2,3)18-9-10-19-16(12-18)11-17-13-21(31-23(17)28-19)22(30)27-20(14-26-29-25)15-7-5-4-6-8-15/h4-13,20H,14H2,1-3H3,(H,27,30)/t20-/m1/s1. The van der Waals surface area contributed by atoms with Gasteiger partial charge >= 0.3 is 0 Å². The highest BCUT2D eigenvalue weighted by Gasteiger charge is 2.18. The fourth-order valence-corrected chi connectivity index (χ4v) is 4.41. The van der Waals surface area contributed by atoms with Crippen molar-refractivity contribution in [2.45, 2.75) is 32.2 Å². The Morgan fingerprint density at radius 3 is 2.61 bits per heavy atom. The van der Waals surface area contributed by atoms with Gasteiger partial charge < -0.3 is 5.32 Å². The molecule has 0 unspecified atom stereocenters. The van der Waals surface area contributed by atoms with E-state index in [2.05, 4.69) is 54.3 Å². The smallest absolute Gasteiger partial charge is 0.261 e. The molecular formula is C24H23N5OS. The molecule has 4 rings (SSSR count). The van der Waals surface area contributed by atoms with E-state index in [1.54, 1.807) is 0 Å². The van der Waals surface area contributed by atoms with Crippen LogP contribution in [0.3, 0.4) is 0 Å². The van der Waals surface area contributed by atoms with Crippen LogP contribution in [0, 0.1) is 0 Å². The van der Waals surface area contributed by atoms with Gasteiger partial charge in [0.1, 0.15) is 4.83 Å². The average molecular weight is 430 g/mol. The third-order valence-electron chi connectivity index (χ3n) is 5.23. The number of rotatable bonds is 5. The van der Waals surface area contributed by atoms with Crippen molar-refractivity contribution < 1.29 is 4.79 Å². The summed E-state index contributed by atoms with van der Waals surface area (Å²) in [5.74, 6) is -0.204. The molecule has 0 spiro atoms. The number of benzene rings is 2. The molecule has 0 fully saturated rings. The first kappa shape index (κ1) is 20.8. The second kappa shape index (κ2) is 8.38. The molecule has 0 aliphatic heterocycles. The average Bonchev–Trinajstić information content (AvgIpc) is 3.17. The second-order valence-corrected chi connectivity index (χ2v) is 9.53. The van der Waals surface area contributed by atoms with Gasteiger partial charge in [0.05, 0.1) is 23.0 Å². The van der Waals surface area contributed by atoms with Crippen molar-refractivity contribution in [2.24, 2.45) is 5.11 Å². The molecule has 6 nitrogen and oxygen atoms in total. The number of fused-ring (bicyclic) bond motifs is 2. The highest BCUT2D eigenvalue weighted by molar-refractivity contribution is 7.20. The lowest BCUT2D eigenvalue weighted by Crippen LogP contribution is -2.29. The summed E-state index contributed by atoms with van der Waals surface area (Å²) in [6, 6.07) is 19.4. The van der Waals surface area contributed by atoms with Gasteiger partial charge in [-0.25, -0.2) is 4.98 Å². The number of azide groups is 1. The Balaban J connectivity index is 1.65. The summed E-state index contributed by atoms with van der Waals surface area (Å²) in [5, 5.41) is 8.66. The lowest BCUT2D eigenvalue weighted by atomic mass is 9.86. The molecule has 7 heteroatoms. The Bertz CT molecular complexity index is 1300. The Labute approximate surface area is 184 Å². The molecule has 2 aromatic carbocycles. The molecule has 0 bridgehead atoms. The van der Waals surface area contributed by atoms with E-state index in [-0.39, 0.29) is 17.9 Å². The number of hydrogen-bond donors (Lipinski definition) is 1. The topological polar surface area (TPSA) is 90.8 Å². The predicted molar refractivity (Wildman–Crippen MR) is 126 cm³/mol. The number of amides is 1. The number of thiophene rings is 1. The van der Waals surface area contributed by atoms with Gasteiger partial charge in [0.2, 0.25) is 0 Å². The Morgan fingerprint density at radius 1 is 1.13 bits per heavy atom. The summed E-state index contributed by atoms with van der Waals surface area (Å²) >= 11 is 1.36. The van der Waals surface area contributed by atoms with Crippen LogP contribution >= 0.6 is 11.3 Å². The predicted octanol–water partition coefficient (Wildman–Crippen LogP) is 6.53. The molecule has 31 heavy (non-hydrogen) atoms. The summed E-state index contributed by atoms with van der Waals surface area (Å²) in [4.78, 5) is 22.0. The summed E-state index contributed by atoms with van der Waals surface area (Å²) in [6.45, 7) is 6.71. The zero-order valence-corrected chi connectivity index (χ0v) is 18.5. The zero-order chi connectivity index (χ0) is 22.0. The van der Waals surface area contributed by atoms with Crippen molar-refractivity contribution in [1.29, 1.82) is 0 Å². The number of carbonyl (C=O) groups is 1. The van der Waals surface area contributed by atoms with Gasteiger partial charge in [-0.2, -0.15) is 0 Å². The van der Waals surface area contributed by atoms with Crippen molar-refractivity contribution >= 4 is 38.4 Å². The summed E-state index contributed by atoms with van der Waals surface area (Å²) in [6.07, 6.45) is 0. The van der Waals surface area contributed by atoms with E-state index < -0.39 is 6.04 Å². The number of nitrogens with zero attached hydrogens (tertiary/aromatic N) is 4. The van der Waals surface area contributed by atoms with E-state index >= 15 is 0 Å². The summed E-state index contributed by atoms with van der Waals surface area (Å²) in [7, 11) is 0. The highest BCUT2D eigenvalue weighted by atomic mass is 32.1. The third kappa shape index (κ3) is 4.53. The molecule has 2 aromatic heterocycles. The first-order valence-corrected chi connectivity index (χ1v) is 10.9. The van der Waals surface area contributed by atoms with Crippen molar-refractivity contribution in [3.63, 3.8) is 0 Å². The third-order valence-corrected chi connectivity index (χ3v) is 6.27. The van der Waals surface area contributed by atoms with E-state index in [4.69, 9.17) is 10.5 Å². The molecule has 4 aromatic rings. The monoisotopic (exact) mass is 429 g/mol. The van der Waals surface area contributed by atoms with E-state index in [1.807, 2.05) is 42.5 Å². The maximum Gasteiger partial charge on any atom is 0.261 e. The molecule has 1 atom stereocenters. The van der Waals surface area contributed by atoms with Crippen molar-refractivity contribution in [3.05, 3.63) is 87.1 Å². The van der Waals surface area contributed by atoms with E-state index in [0.29, 0.717) is 4.88 Å². The maximum atomic E-state index is 13.0. The van der Waals surface area contributed by atoms with E-state index in [1.165, 1.54) is 16.9 Å². The van der Waals surface area contributed by atoms with Gasteiger partial charge in [0.15, 0.2) is 0 Å². The van der Waals surface area contributed by atoms with Crippen LogP contribution in [0.4, 0.5) is 0 Å². The summed E-state index contributed by atoms with van der Waals surface area (Å²) < 4.78 is 0. The number of carbonyl (C=O) groups excluding carboxylic acids is 1. The highest BCUT2D eigenvalue weighted by Crippen LogP contribution is 2.31. The van der Waals surface area contributed by atoms with Gasteiger partial charge in [-0.1, -0.05) is 62.3 Å². The minimum atomic E-state index is -0.392. The molecule has 0 saturated heterocycles. The first-order valence-electron chi connectivity index (χ1n) is 10.1. The van der Waals surface area contributed by atoms with Crippen LogP contribution in [0.25, 0.3) is 31.6 Å². The van der Waals surface area contributed by atoms with E-state index in [9.17, 15) is 4.79 Å². The molecular weight excluding hydrogens is 406 g/mol. The Morgan fingerprint density at radius 2 is 1.90 bits per heavy atom. The second-order valence-electron chi connectivity index (χ2n) is 8.50. The minimum Gasteiger partial charge on any atom is -0.344 e. The van der Waals surface area contributed by atoms with Crippen LogP contribution in [0.5, 0.6) is 0 Å². The van der Waals surface area contributed by atoms with Gasteiger partial charge in [0.25, 0.3) is 5.91 Å². The van der Waals surface area contributed by atoms with Gasteiger partial charge in [-0.15, -0.1) is 11.3 Å². The number of hydrogen-bond acceptors (Lipinski definition) is 4. The lowest BCUT2D eigenvalue weighted by Gasteiger charge is -2.19. The molecule has 0 aliphatic carbocycles. The normalized spacial score (nSPS) is 12.5. The number of aromatic nitrogens is 1. The molecule has 0 saturated carbocycles. The van der Waals surface area contributed by atoms with Gasteiger partial charge in [-0.05, 0) is 46.3 Å². The van der Waals surface area contributed by atoms with Crippen LogP contribution in [-0.4, -0.2) is 17.4 Å². The van der Waals surface area contributed by atoms with E-state index in [0.717, 1.165) is 26.7 Å². The largest absolute Gasteiger partial charge is 0.344 e. The van der Waals surface area contributed by atoms with Crippen LogP contribution in [0.1, 0.15) is 47.6 Å². The lowest BCUT2D eigenvalue weighted by molar-refractivity contribution is 0.0942. The van der Waals surface area contributed by atoms with Crippen molar-refractivity contribution in [3.8, 4) is 0 Å². The van der Waals surface area contributed by atoms with Crippen molar-refractivity contribution in [2.75, 3.05) is 6.54 Å². The summed E-state index contributed by atoms with van der Waals surface area (Å²) in [5.41, 5.74) is 11.8. The van der Waals surface area contributed by atoms with Crippen molar-refractivity contribution in [1.82, 2.24) is 10.3 Å². The molecule has 1 N–H and O–H groups in total. The minimum absolute atomic E-state index is 0.0567. The first-order chi connectivity index (χ1) is 14.8. The van der Waals surface area contributed by atoms with Crippen LogP contribution in [0.2, 0.25) is 0 Å². The van der Waals surface area contributed by atoms with Crippen LogP contribution < -0.4 is 5.32 Å². The molecule has 2 heterocycles. The molecule has 1 amide bonds. The van der Waals surface area contributed by atoms with Gasteiger partial charge in [0, 0.05) is 15.7 Å². The SMILES string of the molecule is CC(C)(C)c1ccc2nc3sc(C(=O)N[C@H](CN=[N+]=[N-])c4ccccc4)cc3cc2c1. The Hall–Kier alpha value is -3.41. The molecule has 0 radical (unpaired) electrons. The molecule has 156 valence electrons. The zero-order valence-electron chi connectivity index (χ0n) is 17.7. The number of pyridine rings is 1. The van der Waals surface area contributed by atoms with Gasteiger partial charge in [-0.3, -0.25) is 4.79 Å². The van der Waals surface area contributed by atoms with Crippen LogP contribution in [0.15, 0.2) is 65.8 Å². The Kier molecular flexibility index (Phi) is 5.63. The fraction of sp³-hybridized carbons (Fsp3) is 0.250.